The van der Waals surface area contributed by atoms with Crippen LogP contribution in [0.2, 0.25) is 0 Å². The summed E-state index contributed by atoms with van der Waals surface area (Å²) in [5.74, 6) is 0.813. The normalized spacial score (nSPS) is 11.6. The van der Waals surface area contributed by atoms with Crippen LogP contribution in [-0.2, 0) is 0 Å². The van der Waals surface area contributed by atoms with Gasteiger partial charge in [-0.2, -0.15) is 0 Å². The van der Waals surface area contributed by atoms with Crippen LogP contribution in [0.25, 0.3) is 65.3 Å². The summed E-state index contributed by atoms with van der Waals surface area (Å²) in [6, 6.07) is 58.4. The van der Waals surface area contributed by atoms with E-state index in [2.05, 4.69) is 148 Å². The second-order valence-corrected chi connectivity index (χ2v) is 14.8. The van der Waals surface area contributed by atoms with Crippen molar-refractivity contribution in [2.24, 2.45) is 5.73 Å². The zero-order valence-corrected chi connectivity index (χ0v) is 33.3. The van der Waals surface area contributed by atoms with Crippen molar-refractivity contribution in [3.63, 3.8) is 0 Å². The van der Waals surface area contributed by atoms with Crippen LogP contribution in [0.5, 0.6) is 0 Å². The average molecular weight is 785 g/mol. The maximum Gasteiger partial charge on any atom is 0.137 e. The Morgan fingerprint density at radius 3 is 1.57 bits per heavy atom. The number of pyridine rings is 3. The minimum Gasteiger partial charge on any atom is -0.405 e. The number of rotatable bonds is 10. The van der Waals surface area contributed by atoms with Gasteiger partial charge in [0.05, 0.1) is 5.69 Å². The number of anilines is 5. The first-order valence-electron chi connectivity index (χ1n) is 20.2. The van der Waals surface area contributed by atoms with Gasteiger partial charge in [0.15, 0.2) is 0 Å². The Hall–Kier alpha value is -8.35. The number of nitrogens with zero attached hydrogens (tertiary/aromatic N) is 5. The molecule has 3 aromatic heterocycles. The monoisotopic (exact) mass is 784 g/mol. The van der Waals surface area contributed by atoms with Crippen LogP contribution in [0.1, 0.15) is 0 Å². The number of aromatic nitrogens is 3. The van der Waals surface area contributed by atoms with Gasteiger partial charge in [-0.05, 0) is 156 Å². The van der Waals surface area contributed by atoms with Crippen LogP contribution in [0.4, 0.5) is 28.6 Å². The van der Waals surface area contributed by atoms with Crippen molar-refractivity contribution in [2.75, 3.05) is 9.80 Å². The molecule has 0 amide bonds. The number of nitrogens with two attached hydrogens (primary N) is 1. The van der Waals surface area contributed by atoms with E-state index in [1.54, 1.807) is 6.08 Å². The van der Waals surface area contributed by atoms with Gasteiger partial charge in [0.25, 0.3) is 0 Å². The van der Waals surface area contributed by atoms with E-state index in [-0.39, 0.29) is 0 Å². The molecule has 0 radical (unpaired) electrons. The number of hydrogen-bond donors (Lipinski definition) is 1. The molecule has 0 fully saturated rings. The molecule has 0 aliphatic rings. The van der Waals surface area contributed by atoms with E-state index >= 15 is 0 Å². The van der Waals surface area contributed by atoms with E-state index in [0.717, 1.165) is 78.1 Å². The second kappa shape index (κ2) is 16.1. The molecule has 0 saturated carbocycles. The molecule has 3 heterocycles. The molecule has 10 rings (SSSR count). The highest BCUT2D eigenvalue weighted by Gasteiger charge is 2.22. The first kappa shape index (κ1) is 37.0. The number of hydrogen-bond acceptors (Lipinski definition) is 6. The number of allylic oxidation sites excluding steroid dienone is 3. The molecule has 290 valence electrons. The van der Waals surface area contributed by atoms with Crippen molar-refractivity contribution in [3.8, 4) is 22.3 Å². The lowest BCUT2D eigenvalue weighted by atomic mass is 9.84. The van der Waals surface area contributed by atoms with Gasteiger partial charge in [-0.3, -0.25) is 14.9 Å². The smallest absolute Gasteiger partial charge is 0.137 e. The Kier molecular flexibility index (Phi) is 9.77. The third-order valence-corrected chi connectivity index (χ3v) is 11.2. The standard InChI is InChI=1S/C55H40N6/c1-38(10-6-8-28-56)60(45-24-30-57-31-25-45)47-20-22-49-51(36-47)54(43-18-16-39-11-2-4-13-41(39)34-43)50-23-21-48(61(46-26-32-58-33-27-46)53-15-7-9-29-59-53)37-52(50)55(49)44-19-17-40-12-3-5-14-42(40)35-44/h2-37H,1,56H2/b10-6-,28-8-. The quantitative estimate of drug-likeness (QED) is 0.110. The van der Waals surface area contributed by atoms with Crippen molar-refractivity contribution in [1.29, 1.82) is 0 Å². The van der Waals surface area contributed by atoms with Gasteiger partial charge in [0, 0.05) is 53.7 Å². The van der Waals surface area contributed by atoms with Crippen molar-refractivity contribution in [3.05, 3.63) is 231 Å². The zero-order valence-electron chi connectivity index (χ0n) is 33.3. The molecule has 0 atom stereocenters. The van der Waals surface area contributed by atoms with Gasteiger partial charge in [0.2, 0.25) is 0 Å². The Bertz CT molecular complexity index is 3250. The highest BCUT2D eigenvalue weighted by molar-refractivity contribution is 6.23. The molecular formula is C55H40N6. The molecule has 7 aromatic carbocycles. The SMILES string of the molecule is C=C(/C=C\C=C/N)N(c1ccncc1)c1ccc2c(-c3ccc4ccccc4c3)c3cc(N(c4ccncc4)c4ccccn4)ccc3c(-c3ccc4ccccc4c3)c2c1. The van der Waals surface area contributed by atoms with Gasteiger partial charge in [-0.15, -0.1) is 0 Å². The highest BCUT2D eigenvalue weighted by Crippen LogP contribution is 2.48. The van der Waals surface area contributed by atoms with Gasteiger partial charge >= 0.3 is 0 Å². The minimum atomic E-state index is 0.779. The molecule has 0 bridgehead atoms. The summed E-state index contributed by atoms with van der Waals surface area (Å²) < 4.78 is 0. The van der Waals surface area contributed by atoms with Crippen molar-refractivity contribution in [1.82, 2.24) is 15.0 Å². The maximum atomic E-state index is 5.71. The Morgan fingerprint density at radius 1 is 0.459 bits per heavy atom. The topological polar surface area (TPSA) is 71.2 Å². The van der Waals surface area contributed by atoms with E-state index in [4.69, 9.17) is 10.7 Å². The molecule has 6 nitrogen and oxygen atoms in total. The predicted molar refractivity (Wildman–Crippen MR) is 256 cm³/mol. The number of fused-ring (bicyclic) bond motifs is 4. The van der Waals surface area contributed by atoms with Gasteiger partial charge in [0.1, 0.15) is 5.82 Å². The van der Waals surface area contributed by atoms with E-state index in [0.29, 0.717) is 0 Å². The Balaban J connectivity index is 1.32. The van der Waals surface area contributed by atoms with Crippen LogP contribution in [0, 0.1) is 0 Å². The largest absolute Gasteiger partial charge is 0.405 e. The van der Waals surface area contributed by atoms with Crippen LogP contribution >= 0.6 is 0 Å². The van der Waals surface area contributed by atoms with Crippen LogP contribution in [0.15, 0.2) is 231 Å². The second-order valence-electron chi connectivity index (χ2n) is 14.8. The summed E-state index contributed by atoms with van der Waals surface area (Å²) in [5, 5.41) is 9.24. The lowest BCUT2D eigenvalue weighted by Gasteiger charge is -2.27. The summed E-state index contributed by atoms with van der Waals surface area (Å²) in [6.45, 7) is 4.52. The summed E-state index contributed by atoms with van der Waals surface area (Å²) in [4.78, 5) is 17.9. The fraction of sp³-hybridized carbons (Fsp3) is 0. The van der Waals surface area contributed by atoms with E-state index in [1.165, 1.54) is 27.7 Å². The first-order chi connectivity index (χ1) is 30.1. The van der Waals surface area contributed by atoms with Gasteiger partial charge in [-0.25, -0.2) is 4.98 Å². The lowest BCUT2D eigenvalue weighted by Crippen LogP contribution is -2.14. The summed E-state index contributed by atoms with van der Waals surface area (Å²) in [5.41, 5.74) is 14.9. The first-order valence-corrected chi connectivity index (χ1v) is 20.2. The van der Waals surface area contributed by atoms with E-state index in [1.807, 2.05) is 85.6 Å². The highest BCUT2D eigenvalue weighted by atomic mass is 15.2. The Morgan fingerprint density at radius 2 is 1.00 bits per heavy atom. The summed E-state index contributed by atoms with van der Waals surface area (Å²) in [7, 11) is 0. The van der Waals surface area contributed by atoms with E-state index < -0.39 is 0 Å². The molecule has 0 spiro atoms. The number of benzene rings is 7. The van der Waals surface area contributed by atoms with Crippen LogP contribution in [0.3, 0.4) is 0 Å². The van der Waals surface area contributed by atoms with Crippen molar-refractivity contribution in [2.45, 2.75) is 0 Å². The molecule has 0 unspecified atom stereocenters. The molecule has 0 saturated heterocycles. The third kappa shape index (κ3) is 7.02. The minimum absolute atomic E-state index is 0.779. The molecular weight excluding hydrogens is 745 g/mol. The molecule has 61 heavy (non-hydrogen) atoms. The molecule has 0 aliphatic carbocycles. The molecule has 10 aromatic rings. The predicted octanol–water partition coefficient (Wildman–Crippen LogP) is 14.0. The summed E-state index contributed by atoms with van der Waals surface area (Å²) in [6.07, 6.45) is 16.3. The molecule has 2 N–H and O–H groups in total. The third-order valence-electron chi connectivity index (χ3n) is 11.2. The Labute approximate surface area is 354 Å². The van der Waals surface area contributed by atoms with Crippen molar-refractivity contribution >= 4 is 71.7 Å². The fourth-order valence-electron chi connectivity index (χ4n) is 8.47. The van der Waals surface area contributed by atoms with E-state index in [9.17, 15) is 0 Å². The van der Waals surface area contributed by atoms with Gasteiger partial charge < -0.3 is 10.6 Å². The van der Waals surface area contributed by atoms with Crippen molar-refractivity contribution < 1.29 is 0 Å². The molecule has 0 aliphatic heterocycles. The average Bonchev–Trinajstić information content (AvgIpc) is 3.32. The van der Waals surface area contributed by atoms with Crippen LogP contribution < -0.4 is 15.5 Å². The zero-order chi connectivity index (χ0) is 41.1. The fourth-order valence-corrected chi connectivity index (χ4v) is 8.47. The molecule has 6 heteroatoms. The van der Waals surface area contributed by atoms with Crippen LogP contribution in [-0.4, -0.2) is 15.0 Å². The summed E-state index contributed by atoms with van der Waals surface area (Å²) >= 11 is 0. The maximum absolute atomic E-state index is 5.71. The van der Waals surface area contributed by atoms with Gasteiger partial charge in [-0.1, -0.05) is 104 Å². The lowest BCUT2D eigenvalue weighted by molar-refractivity contribution is 1.17.